The first-order chi connectivity index (χ1) is 13.1. The second kappa shape index (κ2) is 5.91. The van der Waals surface area contributed by atoms with E-state index >= 15 is 0 Å². The molecule has 2 aromatic heterocycles. The molecule has 0 bridgehead atoms. The van der Waals surface area contributed by atoms with E-state index in [1.807, 2.05) is 13.8 Å². The summed E-state index contributed by atoms with van der Waals surface area (Å²) in [5.74, 6) is -0.583. The first kappa shape index (κ1) is 18.2. The summed E-state index contributed by atoms with van der Waals surface area (Å²) >= 11 is 0. The largest absolute Gasteiger partial charge is 0.481 e. The number of pyridine rings is 1. The topological polar surface area (TPSA) is 135 Å². The van der Waals surface area contributed by atoms with Crippen molar-refractivity contribution in [3.63, 3.8) is 0 Å². The number of aromatic nitrogens is 2. The van der Waals surface area contributed by atoms with Gasteiger partial charge < -0.3 is 14.8 Å². The molecule has 3 aromatic rings. The van der Waals surface area contributed by atoms with Gasteiger partial charge in [0.1, 0.15) is 17.0 Å². The molecule has 0 unspecified atom stereocenters. The molecule has 0 spiro atoms. The number of H-pyrrole nitrogens is 1. The number of aromatic amines is 1. The summed E-state index contributed by atoms with van der Waals surface area (Å²) in [5.41, 5.74) is 2.15. The van der Waals surface area contributed by atoms with Crippen LogP contribution in [0.1, 0.15) is 29.9 Å². The maximum Gasteiger partial charge on any atom is 0.352 e. The SMILES string of the molecule is CC1(C)Oc2cnccc2-c2[nH]c(C(=O)O)c(-c3ccc(S(N)(=O)=O)cc3)c21. The molecule has 144 valence electrons. The van der Waals surface area contributed by atoms with Crippen molar-refractivity contribution < 1.29 is 23.1 Å². The van der Waals surface area contributed by atoms with Crippen molar-refractivity contribution in [2.75, 3.05) is 0 Å². The second-order valence-electron chi connectivity index (χ2n) is 6.98. The highest BCUT2D eigenvalue weighted by atomic mass is 32.2. The van der Waals surface area contributed by atoms with E-state index in [1.54, 1.807) is 18.5 Å². The Labute approximate surface area is 161 Å². The average molecular weight is 399 g/mol. The summed E-state index contributed by atoms with van der Waals surface area (Å²) in [7, 11) is -3.85. The van der Waals surface area contributed by atoms with E-state index in [1.165, 1.54) is 24.3 Å². The van der Waals surface area contributed by atoms with E-state index in [2.05, 4.69) is 9.97 Å². The third-order valence-electron chi connectivity index (χ3n) is 4.71. The van der Waals surface area contributed by atoms with Gasteiger partial charge >= 0.3 is 5.97 Å². The van der Waals surface area contributed by atoms with E-state index in [9.17, 15) is 18.3 Å². The Bertz CT molecular complexity index is 1210. The van der Waals surface area contributed by atoms with Crippen molar-refractivity contribution in [2.45, 2.75) is 24.3 Å². The van der Waals surface area contributed by atoms with Crippen LogP contribution in [0.25, 0.3) is 22.4 Å². The number of carbonyl (C=O) groups is 1. The molecule has 9 heteroatoms. The van der Waals surface area contributed by atoms with Crippen molar-refractivity contribution in [1.82, 2.24) is 9.97 Å². The van der Waals surface area contributed by atoms with Gasteiger partial charge in [0.15, 0.2) is 0 Å². The Morgan fingerprint density at radius 1 is 1.21 bits per heavy atom. The van der Waals surface area contributed by atoms with Gasteiger partial charge in [0.2, 0.25) is 10.0 Å². The predicted octanol–water partition coefficient (Wildman–Crippen LogP) is 2.72. The monoisotopic (exact) mass is 399 g/mol. The lowest BCUT2D eigenvalue weighted by Gasteiger charge is -2.33. The summed E-state index contributed by atoms with van der Waals surface area (Å²) in [4.78, 5) is 19.0. The fourth-order valence-electron chi connectivity index (χ4n) is 3.56. The highest BCUT2D eigenvalue weighted by molar-refractivity contribution is 7.89. The molecule has 4 rings (SSSR count). The van der Waals surface area contributed by atoms with Crippen LogP contribution in [0.4, 0.5) is 0 Å². The zero-order valence-corrected chi connectivity index (χ0v) is 15.9. The summed E-state index contributed by atoms with van der Waals surface area (Å²) in [6, 6.07) is 7.52. The van der Waals surface area contributed by atoms with Crippen LogP contribution in [0.3, 0.4) is 0 Å². The van der Waals surface area contributed by atoms with Gasteiger partial charge in [0.05, 0.1) is 16.8 Å². The molecule has 0 fully saturated rings. The van der Waals surface area contributed by atoms with Gasteiger partial charge in [-0.1, -0.05) is 12.1 Å². The lowest BCUT2D eigenvalue weighted by Crippen LogP contribution is -2.29. The number of aromatic carboxylic acids is 1. The summed E-state index contributed by atoms with van der Waals surface area (Å²) in [6.07, 6.45) is 3.19. The summed E-state index contributed by atoms with van der Waals surface area (Å²) in [6.45, 7) is 3.67. The van der Waals surface area contributed by atoms with Crippen molar-refractivity contribution in [2.24, 2.45) is 5.14 Å². The lowest BCUT2D eigenvalue weighted by atomic mass is 9.86. The van der Waals surface area contributed by atoms with Gasteiger partial charge in [-0.25, -0.2) is 18.4 Å². The smallest absolute Gasteiger partial charge is 0.352 e. The summed E-state index contributed by atoms with van der Waals surface area (Å²) in [5, 5.41) is 14.9. The fourth-order valence-corrected chi connectivity index (χ4v) is 4.07. The maximum absolute atomic E-state index is 12.0. The molecule has 1 aliphatic heterocycles. The number of fused-ring (bicyclic) bond motifs is 3. The predicted molar refractivity (Wildman–Crippen MR) is 101 cm³/mol. The van der Waals surface area contributed by atoms with Crippen molar-refractivity contribution >= 4 is 16.0 Å². The molecular formula is C19H17N3O5S. The number of hydrogen-bond acceptors (Lipinski definition) is 5. The van der Waals surface area contributed by atoms with Crippen LogP contribution in [0.15, 0.2) is 47.6 Å². The number of primary sulfonamides is 1. The lowest BCUT2D eigenvalue weighted by molar-refractivity contribution is 0.0692. The van der Waals surface area contributed by atoms with Gasteiger partial charge in [-0.2, -0.15) is 0 Å². The zero-order chi connectivity index (χ0) is 20.3. The minimum atomic E-state index is -3.85. The minimum absolute atomic E-state index is 0.00491. The van der Waals surface area contributed by atoms with Crippen LogP contribution in [0.5, 0.6) is 5.75 Å². The van der Waals surface area contributed by atoms with Gasteiger partial charge in [-0.05, 0) is 37.6 Å². The first-order valence-corrected chi connectivity index (χ1v) is 9.90. The van der Waals surface area contributed by atoms with Gasteiger partial charge in [-0.3, -0.25) is 4.98 Å². The number of sulfonamides is 1. The number of ether oxygens (including phenoxy) is 1. The minimum Gasteiger partial charge on any atom is -0.481 e. The fraction of sp³-hybridized carbons (Fsp3) is 0.158. The van der Waals surface area contributed by atoms with Gasteiger partial charge in [0, 0.05) is 22.9 Å². The Kier molecular flexibility index (Phi) is 3.84. The normalized spacial score (nSPS) is 14.7. The number of nitrogens with two attached hydrogens (primary N) is 1. The molecule has 0 amide bonds. The number of carboxylic acids is 1. The number of nitrogens with one attached hydrogen (secondary N) is 1. The first-order valence-electron chi connectivity index (χ1n) is 8.36. The number of carboxylic acid groups (broad SMARTS) is 1. The Morgan fingerprint density at radius 3 is 2.50 bits per heavy atom. The van der Waals surface area contributed by atoms with Crippen LogP contribution in [-0.4, -0.2) is 29.5 Å². The maximum atomic E-state index is 12.0. The highest BCUT2D eigenvalue weighted by Gasteiger charge is 2.39. The van der Waals surface area contributed by atoms with E-state index in [4.69, 9.17) is 9.88 Å². The molecule has 1 aromatic carbocycles. The van der Waals surface area contributed by atoms with Crippen molar-refractivity contribution in [3.8, 4) is 28.1 Å². The quantitative estimate of drug-likeness (QED) is 0.620. The van der Waals surface area contributed by atoms with Crippen LogP contribution >= 0.6 is 0 Å². The Morgan fingerprint density at radius 2 is 1.89 bits per heavy atom. The molecule has 4 N–H and O–H groups in total. The molecular weight excluding hydrogens is 382 g/mol. The Balaban J connectivity index is 2.02. The highest BCUT2D eigenvalue weighted by Crippen LogP contribution is 2.49. The Hall–Kier alpha value is -3.17. The summed E-state index contributed by atoms with van der Waals surface area (Å²) < 4.78 is 29.1. The molecule has 0 aliphatic carbocycles. The molecule has 1 aliphatic rings. The van der Waals surface area contributed by atoms with E-state index in [-0.39, 0.29) is 10.6 Å². The van der Waals surface area contributed by atoms with Crippen molar-refractivity contribution in [1.29, 1.82) is 0 Å². The number of benzene rings is 1. The standard InChI is InChI=1S/C19H17N3O5S/c1-19(2)15-14(10-3-5-11(6-4-10)28(20,25)26)17(18(23)24)22-16(15)12-7-8-21-9-13(12)27-19/h3-9,22H,1-2H3,(H,23,24)(H2,20,25,26). The van der Waals surface area contributed by atoms with E-state index < -0.39 is 21.6 Å². The number of hydrogen-bond donors (Lipinski definition) is 3. The molecule has 0 atom stereocenters. The van der Waals surface area contributed by atoms with E-state index in [0.29, 0.717) is 33.7 Å². The molecule has 8 nitrogen and oxygen atoms in total. The average Bonchev–Trinajstić information content (AvgIpc) is 3.03. The number of rotatable bonds is 3. The zero-order valence-electron chi connectivity index (χ0n) is 15.1. The van der Waals surface area contributed by atoms with E-state index in [0.717, 1.165) is 0 Å². The third-order valence-corrected chi connectivity index (χ3v) is 5.64. The van der Waals surface area contributed by atoms with Crippen LogP contribution in [-0.2, 0) is 15.6 Å². The van der Waals surface area contributed by atoms with Crippen LogP contribution in [0, 0.1) is 0 Å². The number of nitrogens with zero attached hydrogens (tertiary/aromatic N) is 1. The molecule has 0 saturated carbocycles. The second-order valence-corrected chi connectivity index (χ2v) is 8.55. The molecule has 0 saturated heterocycles. The molecule has 28 heavy (non-hydrogen) atoms. The molecule has 0 radical (unpaired) electrons. The molecule has 3 heterocycles. The van der Waals surface area contributed by atoms with Gasteiger partial charge in [-0.15, -0.1) is 0 Å². The third kappa shape index (κ3) is 2.76. The van der Waals surface area contributed by atoms with Crippen LogP contribution in [0.2, 0.25) is 0 Å². The van der Waals surface area contributed by atoms with Crippen molar-refractivity contribution in [3.05, 3.63) is 54.0 Å². The van der Waals surface area contributed by atoms with Gasteiger partial charge in [0.25, 0.3) is 0 Å². The van der Waals surface area contributed by atoms with Crippen LogP contribution < -0.4 is 9.88 Å².